The molecule has 19 heavy (non-hydrogen) atoms. The molecule has 1 aliphatic carbocycles. The number of fused-ring (bicyclic) bond motifs is 1. The van der Waals surface area contributed by atoms with Gasteiger partial charge in [0.25, 0.3) is 10.0 Å². The van der Waals surface area contributed by atoms with Gasteiger partial charge in [0.2, 0.25) is 4.34 Å². The van der Waals surface area contributed by atoms with Crippen LogP contribution in [0.5, 0.6) is 0 Å². The zero-order valence-electron chi connectivity index (χ0n) is 10.5. The maximum absolute atomic E-state index is 12.3. The van der Waals surface area contributed by atoms with Crippen LogP contribution >= 0.6 is 11.3 Å². The molecule has 1 aromatic carbocycles. The molecule has 1 heterocycles. The average molecular weight is 296 g/mol. The van der Waals surface area contributed by atoms with Crippen LogP contribution in [0.1, 0.15) is 32.1 Å². The van der Waals surface area contributed by atoms with Crippen LogP contribution in [0.4, 0.5) is 0 Å². The number of benzene rings is 1. The second-order valence-corrected chi connectivity index (χ2v) is 7.82. The first kappa shape index (κ1) is 13.0. The number of aromatic nitrogens is 1. The van der Waals surface area contributed by atoms with Crippen molar-refractivity contribution in [1.82, 2.24) is 9.71 Å². The van der Waals surface area contributed by atoms with E-state index in [1.165, 1.54) is 17.8 Å². The van der Waals surface area contributed by atoms with Gasteiger partial charge in [-0.3, -0.25) is 0 Å². The Bertz CT molecular complexity index is 640. The summed E-state index contributed by atoms with van der Waals surface area (Å²) in [5.74, 6) is 0. The molecule has 0 amide bonds. The molecule has 0 aliphatic heterocycles. The van der Waals surface area contributed by atoms with Crippen molar-refractivity contribution in [2.45, 2.75) is 42.5 Å². The summed E-state index contributed by atoms with van der Waals surface area (Å²) in [6.07, 6.45) is 5.29. The third-order valence-corrected chi connectivity index (χ3v) is 6.37. The first-order valence-corrected chi connectivity index (χ1v) is 8.83. The van der Waals surface area contributed by atoms with Crippen LogP contribution < -0.4 is 4.72 Å². The molecule has 102 valence electrons. The van der Waals surface area contributed by atoms with E-state index in [-0.39, 0.29) is 10.4 Å². The summed E-state index contributed by atoms with van der Waals surface area (Å²) in [6, 6.07) is 7.57. The lowest BCUT2D eigenvalue weighted by Crippen LogP contribution is -2.36. The highest BCUT2D eigenvalue weighted by Gasteiger charge is 2.24. The summed E-state index contributed by atoms with van der Waals surface area (Å²) in [7, 11) is -3.46. The average Bonchev–Trinajstić information content (AvgIpc) is 2.84. The number of sulfonamides is 1. The Balaban J connectivity index is 1.86. The van der Waals surface area contributed by atoms with Gasteiger partial charge in [0.15, 0.2) is 0 Å². The van der Waals surface area contributed by atoms with Crippen LogP contribution in [0.25, 0.3) is 10.2 Å². The Morgan fingerprint density at radius 3 is 2.63 bits per heavy atom. The van der Waals surface area contributed by atoms with Crippen molar-refractivity contribution < 1.29 is 8.42 Å². The number of hydrogen-bond donors (Lipinski definition) is 1. The van der Waals surface area contributed by atoms with Crippen LogP contribution in [0.2, 0.25) is 0 Å². The third kappa shape index (κ3) is 2.80. The van der Waals surface area contributed by atoms with Crippen LogP contribution in [0, 0.1) is 0 Å². The molecule has 0 bridgehead atoms. The molecular weight excluding hydrogens is 280 g/mol. The summed E-state index contributed by atoms with van der Waals surface area (Å²) in [5, 5.41) is 0. The van der Waals surface area contributed by atoms with Crippen LogP contribution in [0.15, 0.2) is 28.6 Å². The number of nitrogens with zero attached hydrogens (tertiary/aromatic N) is 1. The lowest BCUT2D eigenvalue weighted by Gasteiger charge is -2.21. The van der Waals surface area contributed by atoms with Crippen molar-refractivity contribution in [1.29, 1.82) is 0 Å². The Morgan fingerprint density at radius 1 is 1.16 bits per heavy atom. The minimum Gasteiger partial charge on any atom is -0.224 e. The van der Waals surface area contributed by atoms with E-state index < -0.39 is 10.0 Å². The highest BCUT2D eigenvalue weighted by molar-refractivity contribution is 7.91. The quantitative estimate of drug-likeness (QED) is 0.947. The van der Waals surface area contributed by atoms with E-state index >= 15 is 0 Å². The predicted octanol–water partition coefficient (Wildman–Crippen LogP) is 2.91. The van der Waals surface area contributed by atoms with Crippen molar-refractivity contribution in [3.63, 3.8) is 0 Å². The molecule has 0 radical (unpaired) electrons. The van der Waals surface area contributed by atoms with Gasteiger partial charge in [-0.1, -0.05) is 31.4 Å². The number of nitrogens with one attached hydrogen (secondary N) is 1. The normalized spacial score (nSPS) is 17.9. The molecule has 1 aliphatic rings. The van der Waals surface area contributed by atoms with Crippen LogP contribution in [-0.4, -0.2) is 19.4 Å². The number of thiazole rings is 1. The SMILES string of the molecule is O=S(=O)(NC1CCCCC1)c1nc2ccccc2s1. The van der Waals surface area contributed by atoms with E-state index in [0.717, 1.165) is 35.9 Å². The molecule has 1 saturated carbocycles. The van der Waals surface area contributed by atoms with Gasteiger partial charge in [-0.05, 0) is 25.0 Å². The van der Waals surface area contributed by atoms with Crippen molar-refractivity contribution in [2.75, 3.05) is 0 Å². The number of para-hydroxylation sites is 1. The third-order valence-electron chi connectivity index (χ3n) is 3.43. The molecule has 6 heteroatoms. The topological polar surface area (TPSA) is 59.1 Å². The zero-order valence-corrected chi connectivity index (χ0v) is 12.1. The Labute approximate surface area is 116 Å². The van der Waals surface area contributed by atoms with Gasteiger partial charge in [-0.15, -0.1) is 11.3 Å². The van der Waals surface area contributed by atoms with E-state index in [0.29, 0.717) is 0 Å². The van der Waals surface area contributed by atoms with E-state index in [9.17, 15) is 8.42 Å². The monoisotopic (exact) mass is 296 g/mol. The maximum atomic E-state index is 12.3. The van der Waals surface area contributed by atoms with Gasteiger partial charge in [0.05, 0.1) is 10.2 Å². The van der Waals surface area contributed by atoms with E-state index in [2.05, 4.69) is 9.71 Å². The Morgan fingerprint density at radius 2 is 1.89 bits per heavy atom. The molecule has 0 unspecified atom stereocenters. The first-order chi connectivity index (χ1) is 9.15. The fourth-order valence-electron chi connectivity index (χ4n) is 2.46. The fraction of sp³-hybridized carbons (Fsp3) is 0.462. The lowest BCUT2D eigenvalue weighted by atomic mass is 9.96. The molecule has 0 saturated heterocycles. The van der Waals surface area contributed by atoms with Crippen LogP contribution in [-0.2, 0) is 10.0 Å². The predicted molar refractivity (Wildman–Crippen MR) is 76.8 cm³/mol. The summed E-state index contributed by atoms with van der Waals surface area (Å²) >= 11 is 1.23. The molecule has 1 aromatic heterocycles. The number of hydrogen-bond acceptors (Lipinski definition) is 4. The van der Waals surface area contributed by atoms with Gasteiger partial charge in [0.1, 0.15) is 0 Å². The summed E-state index contributed by atoms with van der Waals surface area (Å²) in [4.78, 5) is 4.22. The van der Waals surface area contributed by atoms with Crippen molar-refractivity contribution in [3.8, 4) is 0 Å². The van der Waals surface area contributed by atoms with Crippen LogP contribution in [0.3, 0.4) is 0 Å². The zero-order chi connectivity index (χ0) is 13.3. The minimum absolute atomic E-state index is 0.0748. The second kappa shape index (κ2) is 5.19. The molecule has 2 aromatic rings. The first-order valence-electron chi connectivity index (χ1n) is 6.53. The Kier molecular flexibility index (Phi) is 3.56. The molecule has 0 atom stereocenters. The van der Waals surface area contributed by atoms with Gasteiger partial charge >= 0.3 is 0 Å². The van der Waals surface area contributed by atoms with Crippen molar-refractivity contribution in [2.24, 2.45) is 0 Å². The van der Waals surface area contributed by atoms with Gasteiger partial charge in [0, 0.05) is 6.04 Å². The highest BCUT2D eigenvalue weighted by Crippen LogP contribution is 2.26. The molecular formula is C13H16N2O2S2. The Hall–Kier alpha value is -0.980. The summed E-state index contributed by atoms with van der Waals surface area (Å²) < 4.78 is 28.5. The van der Waals surface area contributed by atoms with Gasteiger partial charge in [-0.25, -0.2) is 18.1 Å². The fourth-order valence-corrected chi connectivity index (χ4v) is 5.00. The maximum Gasteiger partial charge on any atom is 0.268 e. The van der Waals surface area contributed by atoms with E-state index in [4.69, 9.17) is 0 Å². The van der Waals surface area contributed by atoms with E-state index in [1.807, 2.05) is 24.3 Å². The number of rotatable bonds is 3. The van der Waals surface area contributed by atoms with E-state index in [1.54, 1.807) is 0 Å². The molecule has 1 N–H and O–H groups in total. The highest BCUT2D eigenvalue weighted by atomic mass is 32.2. The van der Waals surface area contributed by atoms with Gasteiger partial charge < -0.3 is 0 Å². The lowest BCUT2D eigenvalue weighted by molar-refractivity contribution is 0.412. The molecule has 1 fully saturated rings. The molecule has 4 nitrogen and oxygen atoms in total. The summed E-state index contributed by atoms with van der Waals surface area (Å²) in [5.41, 5.74) is 0.747. The molecule has 0 spiro atoms. The summed E-state index contributed by atoms with van der Waals surface area (Å²) in [6.45, 7) is 0. The standard InChI is InChI=1S/C13H16N2O2S2/c16-19(17,15-10-6-2-1-3-7-10)13-14-11-8-4-5-9-12(11)18-13/h4-5,8-10,15H,1-3,6-7H2. The van der Waals surface area contributed by atoms with Gasteiger partial charge in [-0.2, -0.15) is 0 Å². The smallest absolute Gasteiger partial charge is 0.224 e. The van der Waals surface area contributed by atoms with Crippen molar-refractivity contribution >= 4 is 31.6 Å². The minimum atomic E-state index is -3.46. The second-order valence-electron chi connectivity index (χ2n) is 4.90. The van der Waals surface area contributed by atoms with Crippen molar-refractivity contribution in [3.05, 3.63) is 24.3 Å². The molecule has 3 rings (SSSR count). The largest absolute Gasteiger partial charge is 0.268 e.